The van der Waals surface area contributed by atoms with Gasteiger partial charge in [0.2, 0.25) is 17.7 Å². The average Bonchev–Trinajstić information content (AvgIpc) is 3.45. The summed E-state index contributed by atoms with van der Waals surface area (Å²) in [6.07, 6.45) is 0.751. The maximum Gasteiger partial charge on any atom is 0.475 e. The second-order valence-corrected chi connectivity index (χ2v) is 10.6. The molecule has 0 saturated carbocycles. The minimum Gasteiger partial charge on any atom is -0.445 e. The van der Waals surface area contributed by atoms with Crippen LogP contribution in [0.3, 0.4) is 0 Å². The number of hydrogen-bond acceptors (Lipinski definition) is 7. The Morgan fingerprint density at radius 2 is 1.61 bits per heavy atom. The third-order valence-corrected chi connectivity index (χ3v) is 6.80. The summed E-state index contributed by atoms with van der Waals surface area (Å²) in [6, 6.07) is 16.4. The Morgan fingerprint density at radius 3 is 2.22 bits per heavy atom. The molecule has 1 fully saturated rings. The zero-order chi connectivity index (χ0) is 29.8. The fraction of sp³-hybridized carbons (Fsp3) is 0.448. The molecule has 0 aromatic heterocycles. The van der Waals surface area contributed by atoms with Gasteiger partial charge >= 0.3 is 13.2 Å². The first-order chi connectivity index (χ1) is 19.6. The van der Waals surface area contributed by atoms with E-state index in [4.69, 9.17) is 4.74 Å². The predicted molar refractivity (Wildman–Crippen MR) is 153 cm³/mol. The molecule has 12 heteroatoms. The Labute approximate surface area is 240 Å². The molecule has 0 bridgehead atoms. The molecule has 0 radical (unpaired) electrons. The van der Waals surface area contributed by atoms with Gasteiger partial charge in [-0.2, -0.15) is 0 Å². The van der Waals surface area contributed by atoms with Crippen molar-refractivity contribution < 1.29 is 34.0 Å². The number of nitrogens with one attached hydrogen (secondary N) is 3. The van der Waals surface area contributed by atoms with Crippen LogP contribution in [0.1, 0.15) is 44.2 Å². The second-order valence-electron chi connectivity index (χ2n) is 10.6. The van der Waals surface area contributed by atoms with Crippen LogP contribution in [0.25, 0.3) is 0 Å². The molecule has 3 atom stereocenters. The Balaban J connectivity index is 1.61. The highest BCUT2D eigenvalue weighted by Crippen LogP contribution is 2.18. The standard InChI is InChI=1S/C29H39BN4O7/c1-20(2)16-25(30(39)40)33-27(36)23(17-21-10-5-3-6-11-21)32-28(37)24-14-9-15-34(24)26(35)18-31-29(38)41-19-22-12-7-4-8-13-22/h3-8,10-13,20,23-25,39-40H,9,14-19H2,1-2H3,(H,31,38)(H,32,37)(H,33,36)/t23-,24-,25-/m0/s1. The maximum atomic E-state index is 13.4. The zero-order valence-corrected chi connectivity index (χ0v) is 23.5. The molecule has 1 aliphatic rings. The van der Waals surface area contributed by atoms with E-state index in [9.17, 15) is 29.2 Å². The highest BCUT2D eigenvalue weighted by molar-refractivity contribution is 6.43. The largest absolute Gasteiger partial charge is 0.475 e. The van der Waals surface area contributed by atoms with Crippen molar-refractivity contribution in [2.75, 3.05) is 13.1 Å². The number of carbonyl (C=O) groups excluding carboxylic acids is 4. The fourth-order valence-corrected chi connectivity index (χ4v) is 4.73. The maximum absolute atomic E-state index is 13.4. The van der Waals surface area contributed by atoms with E-state index in [0.29, 0.717) is 25.8 Å². The number of ether oxygens (including phenoxy) is 1. The number of rotatable bonds is 13. The van der Waals surface area contributed by atoms with Crippen LogP contribution in [0.15, 0.2) is 60.7 Å². The molecule has 11 nitrogen and oxygen atoms in total. The third-order valence-electron chi connectivity index (χ3n) is 6.80. The van der Waals surface area contributed by atoms with Gasteiger partial charge in [-0.15, -0.1) is 0 Å². The van der Waals surface area contributed by atoms with Crippen LogP contribution in [-0.4, -0.2) is 77.0 Å². The molecule has 41 heavy (non-hydrogen) atoms. The van der Waals surface area contributed by atoms with Gasteiger partial charge in [-0.25, -0.2) is 4.79 Å². The SMILES string of the molecule is CC(C)C[C@H](NC(=O)[C@H](Cc1ccccc1)NC(=O)[C@@H]1CCCN1C(=O)CNC(=O)OCc1ccccc1)B(O)O. The van der Waals surface area contributed by atoms with E-state index in [2.05, 4.69) is 16.0 Å². The van der Waals surface area contributed by atoms with E-state index in [1.54, 1.807) is 0 Å². The number of hydrogen-bond donors (Lipinski definition) is 5. The molecule has 0 aliphatic carbocycles. The minimum atomic E-state index is -1.76. The molecule has 3 rings (SSSR count). The van der Waals surface area contributed by atoms with E-state index < -0.39 is 49.0 Å². The van der Waals surface area contributed by atoms with E-state index in [-0.39, 0.29) is 25.5 Å². The number of carbonyl (C=O) groups is 4. The molecule has 4 amide bonds. The lowest BCUT2D eigenvalue weighted by atomic mass is 9.75. The van der Waals surface area contributed by atoms with Crippen molar-refractivity contribution >= 4 is 30.9 Å². The van der Waals surface area contributed by atoms with Crippen LogP contribution in [-0.2, 0) is 32.1 Å². The summed E-state index contributed by atoms with van der Waals surface area (Å²) >= 11 is 0. The molecule has 0 unspecified atom stereocenters. The summed E-state index contributed by atoms with van der Waals surface area (Å²) in [5, 5.41) is 27.4. The van der Waals surface area contributed by atoms with Gasteiger partial charge < -0.3 is 35.6 Å². The first-order valence-electron chi connectivity index (χ1n) is 13.9. The molecule has 0 spiro atoms. The summed E-state index contributed by atoms with van der Waals surface area (Å²) < 4.78 is 5.14. The first-order valence-corrected chi connectivity index (χ1v) is 13.9. The summed E-state index contributed by atoms with van der Waals surface area (Å²) in [5.41, 5.74) is 1.61. The van der Waals surface area contributed by atoms with Crippen LogP contribution in [0.2, 0.25) is 0 Å². The lowest BCUT2D eigenvalue weighted by Gasteiger charge is -2.28. The molecule has 2 aromatic rings. The zero-order valence-electron chi connectivity index (χ0n) is 23.5. The summed E-state index contributed by atoms with van der Waals surface area (Å²) in [5.74, 6) is -2.31. The van der Waals surface area contributed by atoms with Crippen molar-refractivity contribution in [3.05, 3.63) is 71.8 Å². The Kier molecular flexibility index (Phi) is 12.2. The molecule has 1 saturated heterocycles. The van der Waals surface area contributed by atoms with Crippen molar-refractivity contribution in [2.45, 2.75) is 64.2 Å². The summed E-state index contributed by atoms with van der Waals surface area (Å²) in [4.78, 5) is 53.0. The van der Waals surface area contributed by atoms with Crippen LogP contribution in [0.4, 0.5) is 4.79 Å². The minimum absolute atomic E-state index is 0.0613. The number of amides is 4. The third kappa shape index (κ3) is 10.2. The van der Waals surface area contributed by atoms with Crippen LogP contribution in [0.5, 0.6) is 0 Å². The smallest absolute Gasteiger partial charge is 0.445 e. The molecular weight excluding hydrogens is 527 g/mol. The van der Waals surface area contributed by atoms with Gasteiger partial charge in [-0.05, 0) is 36.3 Å². The monoisotopic (exact) mass is 566 g/mol. The molecule has 220 valence electrons. The molecular formula is C29H39BN4O7. The van der Waals surface area contributed by atoms with Crippen LogP contribution < -0.4 is 16.0 Å². The highest BCUT2D eigenvalue weighted by atomic mass is 16.5. The van der Waals surface area contributed by atoms with Crippen molar-refractivity contribution in [1.82, 2.24) is 20.9 Å². The number of alkyl carbamates (subject to hydrolysis) is 1. The average molecular weight is 566 g/mol. The van der Waals surface area contributed by atoms with Gasteiger partial charge in [-0.3, -0.25) is 14.4 Å². The summed E-state index contributed by atoms with van der Waals surface area (Å²) in [6.45, 7) is 3.85. The van der Waals surface area contributed by atoms with Crippen molar-refractivity contribution in [1.29, 1.82) is 0 Å². The highest BCUT2D eigenvalue weighted by Gasteiger charge is 2.37. The van der Waals surface area contributed by atoms with E-state index in [1.165, 1.54) is 4.90 Å². The van der Waals surface area contributed by atoms with Crippen molar-refractivity contribution in [2.24, 2.45) is 5.92 Å². The van der Waals surface area contributed by atoms with E-state index >= 15 is 0 Å². The predicted octanol–water partition coefficient (Wildman–Crippen LogP) is 1.17. The second kappa shape index (κ2) is 15.8. The Morgan fingerprint density at radius 1 is 0.976 bits per heavy atom. The number of nitrogens with zero attached hydrogens (tertiary/aromatic N) is 1. The van der Waals surface area contributed by atoms with Crippen LogP contribution >= 0.6 is 0 Å². The van der Waals surface area contributed by atoms with Crippen molar-refractivity contribution in [3.8, 4) is 0 Å². The normalized spacial score (nSPS) is 16.0. The Hall–Kier alpha value is -3.90. The first kappa shape index (κ1) is 31.6. The van der Waals surface area contributed by atoms with Gasteiger partial charge in [0.1, 0.15) is 25.2 Å². The fourth-order valence-electron chi connectivity index (χ4n) is 4.73. The van der Waals surface area contributed by atoms with Gasteiger partial charge in [0.05, 0.1) is 5.94 Å². The summed E-state index contributed by atoms with van der Waals surface area (Å²) in [7, 11) is -1.76. The van der Waals surface area contributed by atoms with Gasteiger partial charge in [0.15, 0.2) is 0 Å². The topological polar surface area (TPSA) is 157 Å². The lowest BCUT2D eigenvalue weighted by Crippen LogP contribution is -2.57. The van der Waals surface area contributed by atoms with E-state index in [0.717, 1.165) is 11.1 Å². The molecule has 1 heterocycles. The van der Waals surface area contributed by atoms with Crippen LogP contribution in [0, 0.1) is 5.92 Å². The quantitative estimate of drug-likeness (QED) is 0.228. The number of likely N-dealkylation sites (tertiary alicyclic amines) is 1. The molecule has 2 aromatic carbocycles. The number of benzene rings is 2. The van der Waals surface area contributed by atoms with Gasteiger partial charge in [0.25, 0.3) is 0 Å². The Bertz CT molecular complexity index is 1150. The van der Waals surface area contributed by atoms with Gasteiger partial charge in [-0.1, -0.05) is 74.5 Å². The van der Waals surface area contributed by atoms with Crippen molar-refractivity contribution in [3.63, 3.8) is 0 Å². The van der Waals surface area contributed by atoms with Gasteiger partial charge in [0, 0.05) is 13.0 Å². The molecule has 5 N–H and O–H groups in total. The molecule has 1 aliphatic heterocycles. The lowest BCUT2D eigenvalue weighted by molar-refractivity contribution is -0.138. The van der Waals surface area contributed by atoms with E-state index in [1.807, 2.05) is 74.5 Å².